The standard InChI is InChI=1S/C6H8Br2O2/c1-4(7)5(8)2-3-6(9)10/h2-5H,1H3,(H,9,10)/b3-2+. The fourth-order valence-corrected chi connectivity index (χ4v) is 0.656. The molecule has 4 heteroatoms. The largest absolute Gasteiger partial charge is 0.478 e. The van der Waals surface area contributed by atoms with Crippen LogP contribution in [0, 0.1) is 0 Å². The third kappa shape index (κ3) is 4.99. The predicted molar refractivity (Wildman–Crippen MR) is 47.9 cm³/mol. The van der Waals surface area contributed by atoms with Crippen molar-refractivity contribution in [2.75, 3.05) is 0 Å². The molecule has 0 rings (SSSR count). The van der Waals surface area contributed by atoms with Gasteiger partial charge in [-0.15, -0.1) is 0 Å². The average molecular weight is 272 g/mol. The lowest BCUT2D eigenvalue weighted by atomic mass is 10.3. The van der Waals surface area contributed by atoms with Gasteiger partial charge in [0, 0.05) is 15.7 Å². The van der Waals surface area contributed by atoms with E-state index in [1.165, 1.54) is 0 Å². The molecule has 0 aliphatic carbocycles. The quantitative estimate of drug-likeness (QED) is 0.631. The first-order valence-corrected chi connectivity index (χ1v) is 4.56. The van der Waals surface area contributed by atoms with Crippen molar-refractivity contribution in [3.8, 4) is 0 Å². The van der Waals surface area contributed by atoms with E-state index in [9.17, 15) is 4.79 Å². The van der Waals surface area contributed by atoms with E-state index in [1.54, 1.807) is 6.08 Å². The molecule has 1 N–H and O–H groups in total. The van der Waals surface area contributed by atoms with Crippen molar-refractivity contribution in [1.29, 1.82) is 0 Å². The Morgan fingerprint density at radius 2 is 2.10 bits per heavy atom. The average Bonchev–Trinajstić information content (AvgIpc) is 1.82. The van der Waals surface area contributed by atoms with Gasteiger partial charge in [0.2, 0.25) is 0 Å². The van der Waals surface area contributed by atoms with Crippen LogP contribution in [0.5, 0.6) is 0 Å². The van der Waals surface area contributed by atoms with Crippen LogP contribution in [0.15, 0.2) is 12.2 Å². The second kappa shape index (κ2) is 4.91. The minimum Gasteiger partial charge on any atom is -0.478 e. The van der Waals surface area contributed by atoms with Crippen LogP contribution in [0.2, 0.25) is 0 Å². The maximum absolute atomic E-state index is 10.0. The molecule has 0 aliphatic heterocycles. The van der Waals surface area contributed by atoms with Gasteiger partial charge in [-0.2, -0.15) is 0 Å². The number of hydrogen-bond donors (Lipinski definition) is 1. The Morgan fingerprint density at radius 3 is 2.40 bits per heavy atom. The van der Waals surface area contributed by atoms with Gasteiger partial charge in [-0.05, 0) is 0 Å². The fourth-order valence-electron chi connectivity index (χ4n) is 0.327. The molecule has 2 nitrogen and oxygen atoms in total. The summed E-state index contributed by atoms with van der Waals surface area (Å²) in [7, 11) is 0. The second-order valence-corrected chi connectivity index (χ2v) is 4.32. The Balaban J connectivity index is 3.77. The first-order chi connectivity index (χ1) is 4.54. The second-order valence-electron chi connectivity index (χ2n) is 1.82. The zero-order valence-electron chi connectivity index (χ0n) is 5.42. The Morgan fingerprint density at radius 1 is 1.60 bits per heavy atom. The van der Waals surface area contributed by atoms with Crippen LogP contribution in [-0.2, 0) is 4.79 Å². The molecule has 0 amide bonds. The van der Waals surface area contributed by atoms with Crippen molar-refractivity contribution in [3.05, 3.63) is 12.2 Å². The molecule has 2 atom stereocenters. The van der Waals surface area contributed by atoms with Crippen LogP contribution >= 0.6 is 31.9 Å². The highest BCUT2D eigenvalue weighted by Gasteiger charge is 2.05. The van der Waals surface area contributed by atoms with Gasteiger partial charge in [0.15, 0.2) is 0 Å². The van der Waals surface area contributed by atoms with Gasteiger partial charge in [-0.1, -0.05) is 44.9 Å². The summed E-state index contributed by atoms with van der Waals surface area (Å²) >= 11 is 6.57. The molecular weight excluding hydrogens is 264 g/mol. The van der Waals surface area contributed by atoms with Crippen molar-refractivity contribution in [1.82, 2.24) is 0 Å². The number of carboxylic acids is 1. The van der Waals surface area contributed by atoms with E-state index in [2.05, 4.69) is 31.9 Å². The number of rotatable bonds is 3. The van der Waals surface area contributed by atoms with Crippen LogP contribution in [0.25, 0.3) is 0 Å². The number of carboxylic acid groups (broad SMARTS) is 1. The lowest BCUT2D eigenvalue weighted by Crippen LogP contribution is -2.06. The first-order valence-electron chi connectivity index (χ1n) is 2.73. The van der Waals surface area contributed by atoms with Crippen LogP contribution in [0.4, 0.5) is 0 Å². The normalized spacial score (nSPS) is 17.1. The zero-order valence-corrected chi connectivity index (χ0v) is 8.59. The minimum absolute atomic E-state index is 0.0728. The molecule has 0 spiro atoms. The van der Waals surface area contributed by atoms with Gasteiger partial charge >= 0.3 is 5.97 Å². The summed E-state index contributed by atoms with van der Waals surface area (Å²) in [5.41, 5.74) is 0. The molecular formula is C6H8Br2O2. The SMILES string of the molecule is CC(Br)C(Br)/C=C/C(=O)O. The summed E-state index contributed by atoms with van der Waals surface area (Å²) in [4.78, 5) is 10.3. The lowest BCUT2D eigenvalue weighted by Gasteiger charge is -2.04. The number of hydrogen-bond acceptors (Lipinski definition) is 1. The van der Waals surface area contributed by atoms with E-state index in [1.807, 2.05) is 6.92 Å². The van der Waals surface area contributed by atoms with Crippen molar-refractivity contribution < 1.29 is 9.90 Å². The summed E-state index contributed by atoms with van der Waals surface area (Å²) < 4.78 is 0. The summed E-state index contributed by atoms with van der Waals surface area (Å²) in [5.74, 6) is -0.919. The molecule has 0 radical (unpaired) electrons. The molecule has 0 aromatic heterocycles. The highest BCUT2D eigenvalue weighted by atomic mass is 79.9. The molecule has 0 heterocycles. The van der Waals surface area contributed by atoms with E-state index in [0.29, 0.717) is 0 Å². The molecule has 0 aliphatic rings. The molecule has 0 saturated carbocycles. The van der Waals surface area contributed by atoms with Crippen LogP contribution in [0.1, 0.15) is 6.92 Å². The molecule has 0 fully saturated rings. The molecule has 0 aromatic carbocycles. The summed E-state index contributed by atoms with van der Waals surface area (Å²) in [6, 6.07) is 0. The monoisotopic (exact) mass is 270 g/mol. The van der Waals surface area contributed by atoms with Gasteiger partial charge in [0.25, 0.3) is 0 Å². The number of halogens is 2. The molecule has 10 heavy (non-hydrogen) atoms. The number of alkyl halides is 2. The van der Waals surface area contributed by atoms with E-state index in [4.69, 9.17) is 5.11 Å². The first kappa shape index (κ1) is 10.2. The van der Waals surface area contributed by atoms with E-state index >= 15 is 0 Å². The molecule has 0 bridgehead atoms. The highest BCUT2D eigenvalue weighted by Crippen LogP contribution is 2.14. The molecule has 2 unspecified atom stereocenters. The Kier molecular flexibility index (Phi) is 4.99. The maximum Gasteiger partial charge on any atom is 0.328 e. The number of carbonyl (C=O) groups is 1. The zero-order chi connectivity index (χ0) is 8.15. The number of allylic oxidation sites excluding steroid dienone is 1. The van der Waals surface area contributed by atoms with Crippen molar-refractivity contribution in [2.45, 2.75) is 16.6 Å². The third-order valence-corrected chi connectivity index (χ3v) is 3.24. The van der Waals surface area contributed by atoms with Crippen LogP contribution in [-0.4, -0.2) is 20.7 Å². The maximum atomic E-state index is 10.0. The van der Waals surface area contributed by atoms with Crippen molar-refractivity contribution >= 4 is 37.8 Å². The predicted octanol–water partition coefficient (Wildman–Crippen LogP) is 2.17. The fraction of sp³-hybridized carbons (Fsp3) is 0.500. The minimum atomic E-state index is -0.919. The summed E-state index contributed by atoms with van der Waals surface area (Å²) in [5, 5.41) is 8.22. The summed E-state index contributed by atoms with van der Waals surface area (Å²) in [6.07, 6.45) is 2.71. The third-order valence-electron chi connectivity index (χ3n) is 0.861. The molecule has 58 valence electrons. The van der Waals surface area contributed by atoms with Gasteiger partial charge in [0.05, 0.1) is 0 Å². The van der Waals surface area contributed by atoms with E-state index < -0.39 is 5.97 Å². The molecule has 0 aromatic rings. The van der Waals surface area contributed by atoms with Gasteiger partial charge < -0.3 is 5.11 Å². The van der Waals surface area contributed by atoms with Crippen molar-refractivity contribution in [2.24, 2.45) is 0 Å². The van der Waals surface area contributed by atoms with Gasteiger partial charge in [-0.25, -0.2) is 4.79 Å². The highest BCUT2D eigenvalue weighted by molar-refractivity contribution is 9.12. The topological polar surface area (TPSA) is 37.3 Å². The van der Waals surface area contributed by atoms with Crippen LogP contribution < -0.4 is 0 Å². The lowest BCUT2D eigenvalue weighted by molar-refractivity contribution is -0.131. The van der Waals surface area contributed by atoms with Crippen molar-refractivity contribution in [3.63, 3.8) is 0 Å². The van der Waals surface area contributed by atoms with E-state index in [0.717, 1.165) is 6.08 Å². The van der Waals surface area contributed by atoms with E-state index in [-0.39, 0.29) is 9.65 Å². The smallest absolute Gasteiger partial charge is 0.328 e. The Bertz CT molecular complexity index is 143. The summed E-state index contributed by atoms with van der Waals surface area (Å²) in [6.45, 7) is 1.94. The van der Waals surface area contributed by atoms with Crippen LogP contribution in [0.3, 0.4) is 0 Å². The number of aliphatic carboxylic acids is 1. The van der Waals surface area contributed by atoms with Gasteiger partial charge in [-0.3, -0.25) is 0 Å². The molecule has 0 saturated heterocycles. The van der Waals surface area contributed by atoms with Gasteiger partial charge in [0.1, 0.15) is 0 Å². The Labute approximate surface area is 76.6 Å². The Hall–Kier alpha value is 0.170.